The fourth-order valence-electron chi connectivity index (χ4n) is 3.31. The second-order valence-electron chi connectivity index (χ2n) is 7.05. The molecule has 2 heterocycles. The predicted octanol–water partition coefficient (Wildman–Crippen LogP) is 4.57. The Morgan fingerprint density at radius 1 is 1.00 bits per heavy atom. The summed E-state index contributed by atoms with van der Waals surface area (Å²) < 4.78 is 29.0. The highest BCUT2D eigenvalue weighted by Crippen LogP contribution is 2.22. The van der Waals surface area contributed by atoms with Gasteiger partial charge >= 0.3 is 0 Å². The lowest BCUT2D eigenvalue weighted by atomic mass is 10.1. The highest BCUT2D eigenvalue weighted by atomic mass is 35.5. The van der Waals surface area contributed by atoms with E-state index in [-0.39, 0.29) is 23.3 Å². The van der Waals surface area contributed by atoms with Crippen molar-refractivity contribution >= 4 is 44.5 Å². The minimum absolute atomic E-state index is 0. The fourth-order valence-corrected chi connectivity index (χ4v) is 5.28. The van der Waals surface area contributed by atoms with Crippen LogP contribution in [0.15, 0.2) is 88.7 Å². The zero-order chi connectivity index (χ0) is 20.8. The Hall–Kier alpha value is -2.29. The molecule has 0 bridgehead atoms. The van der Waals surface area contributed by atoms with Crippen molar-refractivity contribution in [3.63, 3.8) is 0 Å². The summed E-state index contributed by atoms with van der Waals surface area (Å²) in [4.78, 5) is 4.33. The lowest BCUT2D eigenvalue weighted by molar-refractivity contribution is 0.530. The number of pyridine rings is 1. The molecule has 5 nitrogen and oxygen atoms in total. The number of rotatable bonds is 9. The molecular formula is C23H24ClN3O2S2. The van der Waals surface area contributed by atoms with Gasteiger partial charge in [-0.3, -0.25) is 4.98 Å². The van der Waals surface area contributed by atoms with E-state index in [9.17, 15) is 8.42 Å². The Bertz CT molecular complexity index is 1200. The maximum absolute atomic E-state index is 13.1. The van der Waals surface area contributed by atoms with Gasteiger partial charge in [0.25, 0.3) is 0 Å². The van der Waals surface area contributed by atoms with Crippen LogP contribution in [0.5, 0.6) is 0 Å². The summed E-state index contributed by atoms with van der Waals surface area (Å²) in [6, 6.07) is 18.8. The summed E-state index contributed by atoms with van der Waals surface area (Å²) in [5.41, 5.74) is 2.21. The van der Waals surface area contributed by atoms with E-state index in [1.165, 1.54) is 5.56 Å². The van der Waals surface area contributed by atoms with Crippen LogP contribution >= 0.6 is 23.7 Å². The molecule has 162 valence electrons. The number of nitrogens with zero attached hydrogens (tertiary/aromatic N) is 1. The molecule has 4 rings (SSSR count). The van der Waals surface area contributed by atoms with E-state index in [2.05, 4.69) is 27.2 Å². The molecule has 0 saturated heterocycles. The van der Waals surface area contributed by atoms with Gasteiger partial charge in [-0.15, -0.1) is 12.4 Å². The molecule has 0 radical (unpaired) electrons. The van der Waals surface area contributed by atoms with Crippen LogP contribution < -0.4 is 10.0 Å². The zero-order valence-electron chi connectivity index (χ0n) is 16.8. The maximum atomic E-state index is 13.1. The summed E-state index contributed by atoms with van der Waals surface area (Å²) in [5, 5.41) is 9.10. The molecule has 0 saturated carbocycles. The molecule has 2 N–H and O–H groups in total. The van der Waals surface area contributed by atoms with Gasteiger partial charge in [-0.1, -0.05) is 36.4 Å². The SMILES string of the molecule is Cl.O=S(=O)(NC(CNCCc1ccccc1)c1ccsc1)c1ccc2cnccc2c1. The average molecular weight is 474 g/mol. The van der Waals surface area contributed by atoms with E-state index in [0.29, 0.717) is 6.54 Å². The molecule has 8 heteroatoms. The molecule has 1 atom stereocenters. The van der Waals surface area contributed by atoms with Gasteiger partial charge in [-0.2, -0.15) is 11.3 Å². The van der Waals surface area contributed by atoms with Crippen molar-refractivity contribution in [1.29, 1.82) is 0 Å². The number of halogens is 1. The molecule has 2 aromatic carbocycles. The third-order valence-electron chi connectivity index (χ3n) is 4.95. The van der Waals surface area contributed by atoms with Crippen molar-refractivity contribution in [2.45, 2.75) is 17.4 Å². The summed E-state index contributed by atoms with van der Waals surface area (Å²) in [6.07, 6.45) is 4.28. The third kappa shape index (κ3) is 6.12. The Balaban J connectivity index is 0.00000272. The van der Waals surface area contributed by atoms with Gasteiger partial charge in [-0.25, -0.2) is 13.1 Å². The summed E-state index contributed by atoms with van der Waals surface area (Å²) in [7, 11) is -3.67. The number of benzene rings is 2. The number of hydrogen-bond donors (Lipinski definition) is 2. The highest BCUT2D eigenvalue weighted by molar-refractivity contribution is 7.89. The van der Waals surface area contributed by atoms with Gasteiger partial charge in [0, 0.05) is 24.3 Å². The van der Waals surface area contributed by atoms with Gasteiger partial charge in [-0.05, 0) is 64.5 Å². The van der Waals surface area contributed by atoms with E-state index < -0.39 is 10.0 Å². The van der Waals surface area contributed by atoms with E-state index in [4.69, 9.17) is 0 Å². The quantitative estimate of drug-likeness (QED) is 0.349. The van der Waals surface area contributed by atoms with E-state index in [1.807, 2.05) is 41.1 Å². The number of nitrogens with one attached hydrogen (secondary N) is 2. The molecule has 1 unspecified atom stereocenters. The predicted molar refractivity (Wildman–Crippen MR) is 129 cm³/mol. The normalized spacial score (nSPS) is 12.4. The van der Waals surface area contributed by atoms with Crippen LogP contribution in [0.1, 0.15) is 17.2 Å². The lowest BCUT2D eigenvalue weighted by Gasteiger charge is -2.19. The molecule has 31 heavy (non-hydrogen) atoms. The molecule has 0 fully saturated rings. The minimum Gasteiger partial charge on any atom is -0.314 e. The summed E-state index contributed by atoms with van der Waals surface area (Å²) in [5.74, 6) is 0. The van der Waals surface area contributed by atoms with Crippen LogP contribution in [0.3, 0.4) is 0 Å². The largest absolute Gasteiger partial charge is 0.314 e. The van der Waals surface area contributed by atoms with E-state index in [0.717, 1.165) is 29.3 Å². The zero-order valence-corrected chi connectivity index (χ0v) is 19.2. The first-order valence-corrected chi connectivity index (χ1v) is 12.2. The number of hydrogen-bond acceptors (Lipinski definition) is 5. The summed E-state index contributed by atoms with van der Waals surface area (Å²) >= 11 is 1.56. The van der Waals surface area contributed by atoms with Gasteiger partial charge in [0.2, 0.25) is 10.0 Å². The number of thiophene rings is 1. The van der Waals surface area contributed by atoms with Crippen LogP contribution in [0.2, 0.25) is 0 Å². The number of fused-ring (bicyclic) bond motifs is 1. The first-order valence-electron chi connectivity index (χ1n) is 9.75. The first-order chi connectivity index (χ1) is 14.6. The Kier molecular flexibility index (Phi) is 8.17. The molecule has 0 aliphatic carbocycles. The second-order valence-corrected chi connectivity index (χ2v) is 9.55. The molecule has 2 aromatic heterocycles. The monoisotopic (exact) mass is 473 g/mol. The molecule has 0 spiro atoms. The van der Waals surface area contributed by atoms with Crippen LogP contribution in [-0.4, -0.2) is 26.5 Å². The average Bonchev–Trinajstić information content (AvgIpc) is 3.31. The van der Waals surface area contributed by atoms with Crippen LogP contribution in [0.4, 0.5) is 0 Å². The van der Waals surface area contributed by atoms with Crippen molar-refractivity contribution in [3.05, 3.63) is 94.9 Å². The molecule has 0 aliphatic heterocycles. The van der Waals surface area contributed by atoms with Gasteiger partial charge in [0.05, 0.1) is 10.9 Å². The standard InChI is InChI=1S/C23H23N3O2S2.ClH/c27-30(28,22-7-6-20-15-24-12-9-19(20)14-22)26-23(21-10-13-29-17-21)16-25-11-8-18-4-2-1-3-5-18;/h1-7,9-10,12-15,17,23,25-26H,8,11,16H2;1H. The number of aromatic nitrogens is 1. The lowest BCUT2D eigenvalue weighted by Crippen LogP contribution is -2.36. The van der Waals surface area contributed by atoms with E-state index in [1.54, 1.807) is 41.9 Å². The van der Waals surface area contributed by atoms with Gasteiger partial charge in [0.15, 0.2) is 0 Å². The molecule has 0 amide bonds. The number of sulfonamides is 1. The molecule has 4 aromatic rings. The Morgan fingerprint density at radius 3 is 2.61 bits per heavy atom. The Labute approximate surface area is 193 Å². The van der Waals surface area contributed by atoms with Crippen molar-refractivity contribution < 1.29 is 8.42 Å². The smallest absolute Gasteiger partial charge is 0.241 e. The highest BCUT2D eigenvalue weighted by Gasteiger charge is 2.22. The van der Waals surface area contributed by atoms with Crippen LogP contribution in [0, 0.1) is 0 Å². The van der Waals surface area contributed by atoms with Crippen molar-refractivity contribution in [2.75, 3.05) is 13.1 Å². The van der Waals surface area contributed by atoms with Gasteiger partial charge < -0.3 is 5.32 Å². The molecule has 0 aliphatic rings. The maximum Gasteiger partial charge on any atom is 0.241 e. The Morgan fingerprint density at radius 2 is 1.84 bits per heavy atom. The second kappa shape index (κ2) is 10.8. The minimum atomic E-state index is -3.67. The topological polar surface area (TPSA) is 71.1 Å². The van der Waals surface area contributed by atoms with Crippen molar-refractivity contribution in [3.8, 4) is 0 Å². The van der Waals surface area contributed by atoms with Crippen molar-refractivity contribution in [1.82, 2.24) is 15.0 Å². The van der Waals surface area contributed by atoms with E-state index >= 15 is 0 Å². The van der Waals surface area contributed by atoms with Gasteiger partial charge in [0.1, 0.15) is 0 Å². The first kappa shape index (κ1) is 23.4. The summed E-state index contributed by atoms with van der Waals surface area (Å²) in [6.45, 7) is 1.29. The van der Waals surface area contributed by atoms with Crippen LogP contribution in [-0.2, 0) is 16.4 Å². The molecular weight excluding hydrogens is 450 g/mol. The fraction of sp³-hybridized carbons (Fsp3) is 0.174. The van der Waals surface area contributed by atoms with Crippen LogP contribution in [0.25, 0.3) is 10.8 Å². The third-order valence-corrected chi connectivity index (χ3v) is 7.12. The van der Waals surface area contributed by atoms with Crippen molar-refractivity contribution in [2.24, 2.45) is 0 Å².